The van der Waals surface area contributed by atoms with Gasteiger partial charge in [-0.25, -0.2) is 9.69 Å². The van der Waals surface area contributed by atoms with E-state index in [-0.39, 0.29) is 28.9 Å². The molecule has 0 saturated carbocycles. The second kappa shape index (κ2) is 11.2. The summed E-state index contributed by atoms with van der Waals surface area (Å²) >= 11 is 0. The molecule has 2 aliphatic rings. The molecule has 182 valence electrons. The summed E-state index contributed by atoms with van der Waals surface area (Å²) in [6, 6.07) is 2.32. The zero-order valence-electron chi connectivity index (χ0n) is 19.1. The van der Waals surface area contributed by atoms with Gasteiger partial charge in [-0.1, -0.05) is 0 Å². The predicted octanol–water partition coefficient (Wildman–Crippen LogP) is 3.01. The molecule has 2 amide bonds. The number of ether oxygens (including phenoxy) is 3. The largest absolute Gasteiger partial charge is 0.493 e. The van der Waals surface area contributed by atoms with Crippen molar-refractivity contribution >= 4 is 23.7 Å². The monoisotopic (exact) mass is 464 g/mol. The first-order valence-corrected chi connectivity index (χ1v) is 11.4. The Labute approximate surface area is 193 Å². The number of nitrogens with zero attached hydrogens (tertiary/aromatic N) is 2. The van der Waals surface area contributed by atoms with E-state index in [0.717, 1.165) is 24.2 Å². The number of benzene rings is 1. The van der Waals surface area contributed by atoms with Gasteiger partial charge < -0.3 is 29.3 Å². The molecule has 2 atom stereocenters. The Morgan fingerprint density at radius 2 is 1.94 bits per heavy atom. The fraction of sp³-hybridized carbons (Fsp3) is 0.609. The first-order chi connectivity index (χ1) is 15.9. The molecule has 2 heterocycles. The second-order valence-electron chi connectivity index (χ2n) is 8.11. The number of carboxylic acid groups (broad SMARTS) is 1. The SMILES string of the molecule is CCOC(=O)CCCCCOc1cc2c(cc1OC)C(=O)N1CCCC[C@H]1C(O)N2C(=O)O. The van der Waals surface area contributed by atoms with Crippen LogP contribution in [-0.2, 0) is 9.53 Å². The lowest BCUT2D eigenvalue weighted by Crippen LogP contribution is -2.54. The van der Waals surface area contributed by atoms with Gasteiger partial charge in [-0.3, -0.25) is 9.59 Å². The van der Waals surface area contributed by atoms with E-state index in [1.165, 1.54) is 19.2 Å². The average molecular weight is 465 g/mol. The molecule has 2 aliphatic heterocycles. The summed E-state index contributed by atoms with van der Waals surface area (Å²) < 4.78 is 16.2. The van der Waals surface area contributed by atoms with Crippen molar-refractivity contribution in [3.05, 3.63) is 17.7 Å². The van der Waals surface area contributed by atoms with Gasteiger partial charge in [0, 0.05) is 19.0 Å². The van der Waals surface area contributed by atoms with E-state index in [1.807, 2.05) is 0 Å². The molecule has 33 heavy (non-hydrogen) atoms. The number of hydrogen-bond donors (Lipinski definition) is 2. The van der Waals surface area contributed by atoms with Gasteiger partial charge in [0.1, 0.15) is 0 Å². The Balaban J connectivity index is 1.78. The molecule has 0 aliphatic carbocycles. The van der Waals surface area contributed by atoms with E-state index in [2.05, 4.69) is 0 Å². The average Bonchev–Trinajstić information content (AvgIpc) is 2.89. The number of fused-ring (bicyclic) bond motifs is 2. The number of methoxy groups -OCH3 is 1. The van der Waals surface area contributed by atoms with E-state index in [4.69, 9.17) is 14.2 Å². The van der Waals surface area contributed by atoms with Crippen molar-refractivity contribution in [2.45, 2.75) is 64.1 Å². The lowest BCUT2D eigenvalue weighted by molar-refractivity contribution is -0.143. The molecule has 0 spiro atoms. The molecule has 3 rings (SSSR count). The number of aliphatic hydroxyl groups is 1. The molecule has 1 unspecified atom stereocenters. The predicted molar refractivity (Wildman–Crippen MR) is 119 cm³/mol. The molecular formula is C23H32N2O8. The first-order valence-electron chi connectivity index (χ1n) is 11.4. The minimum Gasteiger partial charge on any atom is -0.493 e. The van der Waals surface area contributed by atoms with Crippen LogP contribution in [0.2, 0.25) is 0 Å². The van der Waals surface area contributed by atoms with Crippen LogP contribution in [-0.4, -0.2) is 72.2 Å². The van der Waals surface area contributed by atoms with Crippen molar-refractivity contribution in [1.29, 1.82) is 0 Å². The number of amides is 2. The van der Waals surface area contributed by atoms with E-state index >= 15 is 0 Å². The van der Waals surface area contributed by atoms with Crippen molar-refractivity contribution < 1.29 is 38.8 Å². The Bertz CT molecular complexity index is 874. The fourth-order valence-electron chi connectivity index (χ4n) is 4.36. The van der Waals surface area contributed by atoms with Crippen molar-refractivity contribution in [1.82, 2.24) is 4.90 Å². The molecule has 1 fully saturated rings. The Hall–Kier alpha value is -3.01. The molecule has 0 bridgehead atoms. The number of carbonyl (C=O) groups is 3. The van der Waals surface area contributed by atoms with Crippen molar-refractivity contribution in [2.24, 2.45) is 0 Å². The van der Waals surface area contributed by atoms with Gasteiger partial charge in [0.2, 0.25) is 0 Å². The van der Waals surface area contributed by atoms with Crippen LogP contribution in [0.25, 0.3) is 0 Å². The maximum Gasteiger partial charge on any atom is 0.414 e. The van der Waals surface area contributed by atoms with Crippen LogP contribution in [0.15, 0.2) is 12.1 Å². The maximum atomic E-state index is 13.3. The number of unbranched alkanes of at least 4 members (excludes halogenated alkanes) is 2. The molecular weight excluding hydrogens is 432 g/mol. The molecule has 10 heteroatoms. The van der Waals surface area contributed by atoms with Crippen LogP contribution in [0.5, 0.6) is 11.5 Å². The summed E-state index contributed by atoms with van der Waals surface area (Å²) in [5, 5.41) is 20.8. The van der Waals surface area contributed by atoms with Crippen LogP contribution in [0.1, 0.15) is 62.2 Å². The van der Waals surface area contributed by atoms with Gasteiger partial charge in [-0.2, -0.15) is 0 Å². The van der Waals surface area contributed by atoms with Gasteiger partial charge >= 0.3 is 12.1 Å². The molecule has 0 aromatic heterocycles. The van der Waals surface area contributed by atoms with Gasteiger partial charge in [-0.15, -0.1) is 0 Å². The van der Waals surface area contributed by atoms with Crippen molar-refractivity contribution in [3.8, 4) is 11.5 Å². The summed E-state index contributed by atoms with van der Waals surface area (Å²) in [6.07, 6.45) is 1.85. The first kappa shape index (κ1) is 24.6. The Morgan fingerprint density at radius 3 is 2.64 bits per heavy atom. The highest BCUT2D eigenvalue weighted by Crippen LogP contribution is 2.40. The molecule has 2 N–H and O–H groups in total. The number of rotatable bonds is 9. The topological polar surface area (TPSA) is 126 Å². The van der Waals surface area contributed by atoms with E-state index < -0.39 is 18.4 Å². The van der Waals surface area contributed by atoms with Crippen molar-refractivity contribution in [3.63, 3.8) is 0 Å². The lowest BCUT2D eigenvalue weighted by Gasteiger charge is -2.38. The highest BCUT2D eigenvalue weighted by Gasteiger charge is 2.43. The number of carbonyl (C=O) groups excluding carboxylic acids is 2. The highest BCUT2D eigenvalue weighted by atomic mass is 16.5. The summed E-state index contributed by atoms with van der Waals surface area (Å²) in [4.78, 5) is 39.1. The number of esters is 1. The Morgan fingerprint density at radius 1 is 1.15 bits per heavy atom. The normalized spacial score (nSPS) is 19.9. The Kier molecular flexibility index (Phi) is 8.37. The number of piperidine rings is 1. The lowest BCUT2D eigenvalue weighted by atomic mass is 10.0. The summed E-state index contributed by atoms with van der Waals surface area (Å²) in [6.45, 7) is 2.91. The maximum absolute atomic E-state index is 13.3. The van der Waals surface area contributed by atoms with E-state index in [0.29, 0.717) is 51.2 Å². The van der Waals surface area contributed by atoms with E-state index in [9.17, 15) is 24.6 Å². The molecule has 0 radical (unpaired) electrons. The quantitative estimate of drug-likeness (QED) is 0.422. The highest BCUT2D eigenvalue weighted by molar-refractivity contribution is 6.05. The van der Waals surface area contributed by atoms with Crippen LogP contribution in [0.4, 0.5) is 10.5 Å². The minimum absolute atomic E-state index is 0.0764. The number of aliphatic hydroxyl groups excluding tert-OH is 1. The molecule has 1 aromatic carbocycles. The van der Waals surface area contributed by atoms with Gasteiger partial charge in [-0.05, 0) is 51.5 Å². The fourth-order valence-corrected chi connectivity index (χ4v) is 4.36. The minimum atomic E-state index is -1.38. The third kappa shape index (κ3) is 5.50. The molecule has 1 aromatic rings. The summed E-state index contributed by atoms with van der Waals surface area (Å²) in [5.41, 5.74) is 0.229. The summed E-state index contributed by atoms with van der Waals surface area (Å²) in [7, 11) is 1.45. The van der Waals surface area contributed by atoms with Crippen molar-refractivity contribution in [2.75, 3.05) is 31.8 Å². The van der Waals surface area contributed by atoms with Gasteiger partial charge in [0.15, 0.2) is 17.7 Å². The summed E-state index contributed by atoms with van der Waals surface area (Å²) in [5.74, 6) is 0.0390. The van der Waals surface area contributed by atoms with Gasteiger partial charge in [0.25, 0.3) is 5.91 Å². The zero-order chi connectivity index (χ0) is 24.0. The van der Waals surface area contributed by atoms with Crippen LogP contribution in [0, 0.1) is 0 Å². The standard InChI is InChI=1S/C23H32N2O8/c1-3-32-20(26)10-5-4-8-12-33-19-14-17-15(13-18(19)31-2)21(27)24-11-7-6-9-16(24)22(28)25(17)23(29)30/h13-14,16,22,28H,3-12H2,1-2H3,(H,29,30)/t16-,22?/m0/s1. The third-order valence-electron chi connectivity index (χ3n) is 5.98. The van der Waals surface area contributed by atoms with Crippen LogP contribution >= 0.6 is 0 Å². The zero-order valence-corrected chi connectivity index (χ0v) is 19.1. The molecule has 1 saturated heterocycles. The smallest absolute Gasteiger partial charge is 0.414 e. The number of hydrogen-bond acceptors (Lipinski definition) is 7. The van der Waals surface area contributed by atoms with Gasteiger partial charge in [0.05, 0.1) is 37.6 Å². The third-order valence-corrected chi connectivity index (χ3v) is 5.98. The van der Waals surface area contributed by atoms with E-state index in [1.54, 1.807) is 11.8 Å². The number of anilines is 1. The second-order valence-corrected chi connectivity index (χ2v) is 8.11. The van der Waals surface area contributed by atoms with Crippen LogP contribution in [0.3, 0.4) is 0 Å². The molecule has 10 nitrogen and oxygen atoms in total. The van der Waals surface area contributed by atoms with Crippen LogP contribution < -0.4 is 14.4 Å².